The first-order valence-corrected chi connectivity index (χ1v) is 6.68. The monoisotopic (exact) mass is 229 g/mol. The Balaban J connectivity index is 1.62. The number of piperidine rings is 1. The molecule has 2 fully saturated rings. The second-order valence-electron chi connectivity index (χ2n) is 5.21. The Bertz CT molecular complexity index is 412. The molecule has 0 aromatic carbocycles. The molecule has 1 aromatic heterocycles. The molecule has 3 rings (SSSR count). The number of hydrogen-bond acceptors (Lipinski definition) is 2. The third kappa shape index (κ3) is 2.46. The molecule has 17 heavy (non-hydrogen) atoms. The lowest BCUT2D eigenvalue weighted by Crippen LogP contribution is -2.39. The number of fused-ring (bicyclic) bond motifs is 1. The predicted octanol–water partition coefficient (Wildman–Crippen LogP) is 2.23. The number of hydrogen-bond donors (Lipinski definition) is 1. The van der Waals surface area contributed by atoms with Crippen molar-refractivity contribution < 1.29 is 0 Å². The van der Waals surface area contributed by atoms with Gasteiger partial charge in [-0.25, -0.2) is 4.98 Å². The summed E-state index contributed by atoms with van der Waals surface area (Å²) in [5.74, 6) is 5.74. The van der Waals surface area contributed by atoms with Gasteiger partial charge in [0.2, 0.25) is 0 Å². The second-order valence-corrected chi connectivity index (χ2v) is 5.21. The Kier molecular flexibility index (Phi) is 3.04. The van der Waals surface area contributed by atoms with Crippen LogP contribution in [-0.2, 0) is 0 Å². The lowest BCUT2D eigenvalue weighted by Gasteiger charge is -2.39. The SMILES string of the molecule is C(#CN1CCC2CCCCC2C1)c1ncc[nH]1. The largest absolute Gasteiger partial charge is 0.338 e. The first-order chi connectivity index (χ1) is 8.42. The minimum absolute atomic E-state index is 0.774. The molecular weight excluding hydrogens is 210 g/mol. The van der Waals surface area contributed by atoms with Crippen LogP contribution in [0.15, 0.2) is 12.4 Å². The standard InChI is InChI=1S/C14H19N3/c1-2-4-13-11-17(9-5-12(13)3-1)10-6-14-15-7-8-16-14/h7-8,12-13H,1-5,9,11H2,(H,15,16). The highest BCUT2D eigenvalue weighted by Gasteiger charge is 2.30. The van der Waals surface area contributed by atoms with Gasteiger partial charge < -0.3 is 9.88 Å². The zero-order valence-corrected chi connectivity index (χ0v) is 10.2. The summed E-state index contributed by atoms with van der Waals surface area (Å²) in [4.78, 5) is 9.43. The maximum absolute atomic E-state index is 4.13. The summed E-state index contributed by atoms with van der Waals surface area (Å²) in [6.45, 7) is 2.30. The molecule has 0 spiro atoms. The van der Waals surface area contributed by atoms with Gasteiger partial charge in [-0.15, -0.1) is 0 Å². The highest BCUT2D eigenvalue weighted by molar-refractivity contribution is 5.19. The van der Waals surface area contributed by atoms with Crippen molar-refractivity contribution in [3.8, 4) is 12.0 Å². The Morgan fingerprint density at radius 1 is 1.24 bits per heavy atom. The van der Waals surface area contributed by atoms with Crippen molar-refractivity contribution in [1.29, 1.82) is 0 Å². The molecule has 1 saturated heterocycles. The third-order valence-electron chi connectivity index (χ3n) is 4.12. The molecule has 1 aliphatic carbocycles. The zero-order valence-electron chi connectivity index (χ0n) is 10.2. The number of likely N-dealkylation sites (tertiary alicyclic amines) is 1. The Hall–Kier alpha value is -1.43. The number of aromatic nitrogens is 2. The molecule has 1 N–H and O–H groups in total. The third-order valence-corrected chi connectivity index (χ3v) is 4.12. The second kappa shape index (κ2) is 4.83. The summed E-state index contributed by atoms with van der Waals surface area (Å²) < 4.78 is 0. The maximum atomic E-state index is 4.13. The molecule has 1 saturated carbocycles. The molecule has 3 nitrogen and oxygen atoms in total. The zero-order chi connectivity index (χ0) is 11.5. The van der Waals surface area contributed by atoms with Gasteiger partial charge in [0.05, 0.1) is 0 Å². The lowest BCUT2D eigenvalue weighted by molar-refractivity contribution is 0.124. The van der Waals surface area contributed by atoms with E-state index in [1.165, 1.54) is 38.6 Å². The van der Waals surface area contributed by atoms with Crippen LogP contribution in [0, 0.1) is 23.8 Å². The van der Waals surface area contributed by atoms with E-state index in [1.807, 2.05) is 6.20 Å². The fraction of sp³-hybridized carbons (Fsp3) is 0.643. The van der Waals surface area contributed by atoms with Gasteiger partial charge in [0.1, 0.15) is 0 Å². The number of rotatable bonds is 0. The van der Waals surface area contributed by atoms with Gasteiger partial charge in [-0.2, -0.15) is 0 Å². The maximum Gasteiger partial charge on any atom is 0.184 e. The minimum Gasteiger partial charge on any atom is -0.338 e. The van der Waals surface area contributed by atoms with E-state index >= 15 is 0 Å². The van der Waals surface area contributed by atoms with Crippen molar-refractivity contribution in [1.82, 2.24) is 14.9 Å². The van der Waals surface area contributed by atoms with Crippen LogP contribution in [0.4, 0.5) is 0 Å². The van der Waals surface area contributed by atoms with Gasteiger partial charge in [-0.3, -0.25) is 0 Å². The average Bonchev–Trinajstić information content (AvgIpc) is 2.89. The molecule has 2 unspecified atom stereocenters. The number of nitrogens with one attached hydrogen (secondary N) is 1. The molecule has 0 amide bonds. The molecule has 1 aliphatic heterocycles. The molecule has 0 bridgehead atoms. The van der Waals surface area contributed by atoms with E-state index < -0.39 is 0 Å². The predicted molar refractivity (Wildman–Crippen MR) is 67.1 cm³/mol. The number of imidazole rings is 1. The summed E-state index contributed by atoms with van der Waals surface area (Å²) in [6.07, 6.45) is 10.6. The van der Waals surface area contributed by atoms with E-state index in [2.05, 4.69) is 26.8 Å². The van der Waals surface area contributed by atoms with Gasteiger partial charge in [0.15, 0.2) is 5.82 Å². The highest BCUT2D eigenvalue weighted by atomic mass is 15.1. The van der Waals surface area contributed by atoms with Gasteiger partial charge in [-0.1, -0.05) is 19.3 Å². The topological polar surface area (TPSA) is 31.9 Å². The van der Waals surface area contributed by atoms with Crippen molar-refractivity contribution >= 4 is 0 Å². The van der Waals surface area contributed by atoms with E-state index in [0.29, 0.717) is 0 Å². The normalized spacial score (nSPS) is 28.1. The Labute approximate surface area is 103 Å². The van der Waals surface area contributed by atoms with Crippen LogP contribution in [0.3, 0.4) is 0 Å². The van der Waals surface area contributed by atoms with Crippen molar-refractivity contribution in [2.75, 3.05) is 13.1 Å². The van der Waals surface area contributed by atoms with Crippen LogP contribution in [0.1, 0.15) is 37.9 Å². The van der Waals surface area contributed by atoms with Crippen molar-refractivity contribution in [3.63, 3.8) is 0 Å². The Morgan fingerprint density at radius 3 is 2.94 bits per heavy atom. The van der Waals surface area contributed by atoms with E-state index in [-0.39, 0.29) is 0 Å². The first-order valence-electron chi connectivity index (χ1n) is 6.68. The molecule has 0 radical (unpaired) electrons. The fourth-order valence-corrected chi connectivity index (χ4v) is 3.17. The van der Waals surface area contributed by atoms with Crippen molar-refractivity contribution in [2.24, 2.45) is 11.8 Å². The van der Waals surface area contributed by atoms with Crippen molar-refractivity contribution in [3.05, 3.63) is 18.2 Å². The summed E-state index contributed by atoms with van der Waals surface area (Å²) in [7, 11) is 0. The van der Waals surface area contributed by atoms with Gasteiger partial charge in [0, 0.05) is 31.5 Å². The van der Waals surface area contributed by atoms with Crippen LogP contribution >= 0.6 is 0 Å². The van der Waals surface area contributed by atoms with E-state index in [1.54, 1.807) is 6.20 Å². The summed E-state index contributed by atoms with van der Waals surface area (Å²) in [5.41, 5.74) is 0. The van der Waals surface area contributed by atoms with E-state index in [4.69, 9.17) is 0 Å². The average molecular weight is 229 g/mol. The highest BCUT2D eigenvalue weighted by Crippen LogP contribution is 2.35. The fourth-order valence-electron chi connectivity index (χ4n) is 3.17. The molecule has 2 atom stereocenters. The van der Waals surface area contributed by atoms with Crippen LogP contribution in [0.5, 0.6) is 0 Å². The molecular formula is C14H19N3. The van der Waals surface area contributed by atoms with Crippen molar-refractivity contribution in [2.45, 2.75) is 32.1 Å². The molecule has 2 aliphatic rings. The number of nitrogens with zero attached hydrogens (tertiary/aromatic N) is 2. The van der Waals surface area contributed by atoms with Gasteiger partial charge >= 0.3 is 0 Å². The summed E-state index contributed by atoms with van der Waals surface area (Å²) in [5, 5.41) is 0. The van der Waals surface area contributed by atoms with Crippen LogP contribution in [0.2, 0.25) is 0 Å². The summed E-state index contributed by atoms with van der Waals surface area (Å²) in [6, 6.07) is 3.25. The van der Waals surface area contributed by atoms with Crippen LogP contribution in [0.25, 0.3) is 0 Å². The minimum atomic E-state index is 0.774. The van der Waals surface area contributed by atoms with E-state index in [9.17, 15) is 0 Å². The number of aromatic amines is 1. The first kappa shape index (κ1) is 10.7. The smallest absolute Gasteiger partial charge is 0.184 e. The quantitative estimate of drug-likeness (QED) is 0.692. The van der Waals surface area contributed by atoms with Gasteiger partial charge in [0.25, 0.3) is 0 Å². The van der Waals surface area contributed by atoms with Gasteiger partial charge in [-0.05, 0) is 30.6 Å². The molecule has 1 aromatic rings. The van der Waals surface area contributed by atoms with Crippen LogP contribution in [-0.4, -0.2) is 28.0 Å². The Morgan fingerprint density at radius 2 is 2.12 bits per heavy atom. The summed E-state index contributed by atoms with van der Waals surface area (Å²) >= 11 is 0. The molecule has 3 heteroatoms. The molecule has 90 valence electrons. The molecule has 2 heterocycles. The van der Waals surface area contributed by atoms with E-state index in [0.717, 1.165) is 24.2 Å². The lowest BCUT2D eigenvalue weighted by atomic mass is 9.75. The number of H-pyrrole nitrogens is 1. The van der Waals surface area contributed by atoms with Crippen LogP contribution < -0.4 is 0 Å².